The van der Waals surface area contributed by atoms with Crippen molar-refractivity contribution >= 4 is 47.8 Å². The van der Waals surface area contributed by atoms with E-state index in [9.17, 15) is 9.59 Å². The van der Waals surface area contributed by atoms with Crippen molar-refractivity contribution < 1.29 is 9.59 Å². The molecule has 0 aliphatic carbocycles. The zero-order chi connectivity index (χ0) is 17.6. The summed E-state index contributed by atoms with van der Waals surface area (Å²) in [6, 6.07) is 1.47. The van der Waals surface area contributed by atoms with Crippen LogP contribution in [0, 0.1) is 0 Å². The summed E-state index contributed by atoms with van der Waals surface area (Å²) >= 11 is 0. The Labute approximate surface area is 169 Å². The van der Waals surface area contributed by atoms with E-state index >= 15 is 0 Å². The molecule has 3 amide bonds. The minimum atomic E-state index is -0.335. The van der Waals surface area contributed by atoms with Crippen molar-refractivity contribution in [3.63, 3.8) is 0 Å². The molecule has 2 aliphatic heterocycles. The Balaban J connectivity index is 0.00000243. The van der Waals surface area contributed by atoms with Gasteiger partial charge in [0.1, 0.15) is 0 Å². The number of imide groups is 1. The predicted molar refractivity (Wildman–Crippen MR) is 108 cm³/mol. The standard InChI is InChI=1S/C15H22N8O2.HI/c1-16-13(19-5-6-23-12(24)11-20-15(23)25)21-7-9-22(10-8-21)14-17-3-2-4-18-14;/h2-4H,5-11H2,1H3,(H,16,19)(H,20,25);1H. The highest BCUT2D eigenvalue weighted by molar-refractivity contribution is 14.0. The van der Waals surface area contributed by atoms with Crippen LogP contribution in [0.25, 0.3) is 0 Å². The molecule has 2 saturated heterocycles. The summed E-state index contributed by atoms with van der Waals surface area (Å²) in [5.74, 6) is 1.31. The van der Waals surface area contributed by atoms with E-state index in [4.69, 9.17) is 0 Å². The predicted octanol–water partition coefficient (Wildman–Crippen LogP) is -0.656. The summed E-state index contributed by atoms with van der Waals surface area (Å²) in [5.41, 5.74) is 0. The van der Waals surface area contributed by atoms with E-state index in [1.54, 1.807) is 25.5 Å². The van der Waals surface area contributed by atoms with Gasteiger partial charge in [0.2, 0.25) is 11.9 Å². The molecular weight excluding hydrogens is 451 g/mol. The minimum absolute atomic E-state index is 0. The lowest BCUT2D eigenvalue weighted by Gasteiger charge is -2.36. The van der Waals surface area contributed by atoms with E-state index in [0.717, 1.165) is 38.1 Å². The number of urea groups is 1. The van der Waals surface area contributed by atoms with Gasteiger partial charge in [0, 0.05) is 58.7 Å². The van der Waals surface area contributed by atoms with Crippen LogP contribution < -0.4 is 15.5 Å². The molecule has 11 heteroatoms. The van der Waals surface area contributed by atoms with Gasteiger partial charge in [-0.05, 0) is 6.07 Å². The molecule has 1 aromatic heterocycles. The molecule has 3 heterocycles. The third-order valence-electron chi connectivity index (χ3n) is 4.18. The van der Waals surface area contributed by atoms with Gasteiger partial charge in [-0.25, -0.2) is 14.8 Å². The molecule has 0 atom stereocenters. The van der Waals surface area contributed by atoms with Gasteiger partial charge in [-0.1, -0.05) is 0 Å². The number of amides is 3. The molecule has 3 rings (SSSR count). The molecular formula is C15H23IN8O2. The number of hydrogen-bond donors (Lipinski definition) is 2. The summed E-state index contributed by atoms with van der Waals surface area (Å²) in [6.07, 6.45) is 3.48. The highest BCUT2D eigenvalue weighted by atomic mass is 127. The Kier molecular flexibility index (Phi) is 7.36. The highest BCUT2D eigenvalue weighted by Crippen LogP contribution is 2.09. The molecule has 0 aromatic carbocycles. The van der Waals surface area contributed by atoms with E-state index in [2.05, 4.69) is 35.4 Å². The Hall–Kier alpha value is -2.18. The maximum Gasteiger partial charge on any atom is 0.324 e. The summed E-state index contributed by atoms with van der Waals surface area (Å²) in [4.78, 5) is 41.4. The van der Waals surface area contributed by atoms with Crippen LogP contribution in [-0.4, -0.2) is 90.5 Å². The summed E-state index contributed by atoms with van der Waals surface area (Å²) < 4.78 is 0. The van der Waals surface area contributed by atoms with Gasteiger partial charge in [0.25, 0.3) is 0 Å². The van der Waals surface area contributed by atoms with Crippen molar-refractivity contribution in [2.24, 2.45) is 4.99 Å². The fraction of sp³-hybridized carbons (Fsp3) is 0.533. The highest BCUT2D eigenvalue weighted by Gasteiger charge is 2.28. The number of carbonyl (C=O) groups excluding carboxylic acids is 2. The second-order valence-electron chi connectivity index (χ2n) is 5.70. The summed E-state index contributed by atoms with van der Waals surface area (Å²) in [6.45, 7) is 4.06. The van der Waals surface area contributed by atoms with Crippen molar-refractivity contribution in [3.05, 3.63) is 18.5 Å². The maximum atomic E-state index is 11.6. The van der Waals surface area contributed by atoms with Crippen LogP contribution >= 0.6 is 24.0 Å². The number of halogens is 1. The number of aromatic nitrogens is 2. The zero-order valence-corrected chi connectivity index (χ0v) is 16.9. The first-order valence-corrected chi connectivity index (χ1v) is 8.25. The van der Waals surface area contributed by atoms with E-state index in [1.807, 2.05) is 0 Å². The molecule has 142 valence electrons. The van der Waals surface area contributed by atoms with E-state index in [0.29, 0.717) is 13.1 Å². The van der Waals surface area contributed by atoms with Crippen molar-refractivity contribution in [2.45, 2.75) is 0 Å². The molecule has 10 nitrogen and oxygen atoms in total. The Morgan fingerprint density at radius 3 is 2.50 bits per heavy atom. The number of carbonyl (C=O) groups is 2. The van der Waals surface area contributed by atoms with Crippen LogP contribution in [0.5, 0.6) is 0 Å². The number of nitrogens with one attached hydrogen (secondary N) is 2. The summed E-state index contributed by atoms with van der Waals surface area (Å²) in [5, 5.41) is 5.72. The van der Waals surface area contributed by atoms with E-state index in [-0.39, 0.29) is 42.5 Å². The quantitative estimate of drug-likeness (QED) is 0.259. The van der Waals surface area contributed by atoms with Gasteiger partial charge in [0.05, 0.1) is 6.54 Å². The second kappa shape index (κ2) is 9.50. The molecule has 26 heavy (non-hydrogen) atoms. The van der Waals surface area contributed by atoms with Crippen LogP contribution in [-0.2, 0) is 4.79 Å². The lowest BCUT2D eigenvalue weighted by atomic mass is 10.3. The Bertz CT molecular complexity index is 632. The van der Waals surface area contributed by atoms with Crippen molar-refractivity contribution in [1.29, 1.82) is 0 Å². The van der Waals surface area contributed by atoms with Gasteiger partial charge < -0.3 is 20.4 Å². The lowest BCUT2D eigenvalue weighted by molar-refractivity contribution is -0.124. The first kappa shape index (κ1) is 20.1. The maximum absolute atomic E-state index is 11.6. The molecule has 0 spiro atoms. The average Bonchev–Trinajstić information content (AvgIpc) is 2.98. The Morgan fingerprint density at radius 2 is 1.92 bits per heavy atom. The number of hydrogen-bond acceptors (Lipinski definition) is 6. The number of aliphatic imine (C=N–C) groups is 1. The molecule has 2 N–H and O–H groups in total. The first-order valence-electron chi connectivity index (χ1n) is 8.25. The van der Waals surface area contributed by atoms with Gasteiger partial charge in [-0.15, -0.1) is 24.0 Å². The third-order valence-corrected chi connectivity index (χ3v) is 4.18. The van der Waals surface area contributed by atoms with Crippen LogP contribution in [0.2, 0.25) is 0 Å². The van der Waals surface area contributed by atoms with Crippen LogP contribution in [0.3, 0.4) is 0 Å². The molecule has 2 aliphatic rings. The Morgan fingerprint density at radius 1 is 1.23 bits per heavy atom. The molecule has 0 saturated carbocycles. The fourth-order valence-corrected chi connectivity index (χ4v) is 2.87. The second-order valence-corrected chi connectivity index (χ2v) is 5.70. The van der Waals surface area contributed by atoms with E-state index in [1.165, 1.54) is 4.90 Å². The molecule has 0 unspecified atom stereocenters. The van der Waals surface area contributed by atoms with Crippen LogP contribution in [0.1, 0.15) is 0 Å². The number of nitrogens with zero attached hydrogens (tertiary/aromatic N) is 6. The monoisotopic (exact) mass is 474 g/mol. The molecule has 2 fully saturated rings. The fourth-order valence-electron chi connectivity index (χ4n) is 2.87. The first-order chi connectivity index (χ1) is 12.2. The van der Waals surface area contributed by atoms with Crippen molar-refractivity contribution in [1.82, 2.24) is 30.4 Å². The third kappa shape index (κ3) is 4.71. The largest absolute Gasteiger partial charge is 0.354 e. The van der Waals surface area contributed by atoms with Gasteiger partial charge in [-0.2, -0.15) is 0 Å². The topological polar surface area (TPSA) is 106 Å². The number of piperazine rings is 1. The average molecular weight is 474 g/mol. The minimum Gasteiger partial charge on any atom is -0.354 e. The van der Waals surface area contributed by atoms with Gasteiger partial charge in [-0.3, -0.25) is 14.7 Å². The molecule has 1 aromatic rings. The van der Waals surface area contributed by atoms with Gasteiger partial charge in [0.15, 0.2) is 5.96 Å². The van der Waals surface area contributed by atoms with Crippen molar-refractivity contribution in [3.8, 4) is 0 Å². The number of rotatable bonds is 4. The van der Waals surface area contributed by atoms with Crippen LogP contribution in [0.4, 0.5) is 10.7 Å². The lowest BCUT2D eigenvalue weighted by Crippen LogP contribution is -2.53. The number of guanidine groups is 1. The van der Waals surface area contributed by atoms with E-state index < -0.39 is 0 Å². The SMILES string of the molecule is CN=C(NCCN1C(=O)CNC1=O)N1CCN(c2ncccn2)CC1.I. The normalized spacial score (nSPS) is 17.9. The molecule has 0 bridgehead atoms. The summed E-state index contributed by atoms with van der Waals surface area (Å²) in [7, 11) is 1.72. The molecule has 0 radical (unpaired) electrons. The van der Waals surface area contributed by atoms with Crippen molar-refractivity contribution in [2.75, 3.05) is 57.8 Å². The zero-order valence-electron chi connectivity index (χ0n) is 14.6. The van der Waals surface area contributed by atoms with Gasteiger partial charge >= 0.3 is 6.03 Å². The van der Waals surface area contributed by atoms with Crippen LogP contribution in [0.15, 0.2) is 23.5 Å². The smallest absolute Gasteiger partial charge is 0.324 e. The number of anilines is 1.